The molecule has 4 rings (SSSR count). The lowest BCUT2D eigenvalue weighted by molar-refractivity contribution is -0.130. The topological polar surface area (TPSA) is 55.2 Å². The monoisotopic (exact) mass is 421 g/mol. The van der Waals surface area contributed by atoms with Crippen LogP contribution in [0.1, 0.15) is 38.3 Å². The number of nitrogens with zero attached hydrogens (tertiary/aromatic N) is 3. The van der Waals surface area contributed by atoms with Crippen LogP contribution in [0.5, 0.6) is 0 Å². The first-order valence-electron chi connectivity index (χ1n) is 10.5. The summed E-state index contributed by atoms with van der Waals surface area (Å²) in [5, 5.41) is 1.19. The number of benzene rings is 2. The molecular formula is C24H27N3O2S. The van der Waals surface area contributed by atoms with Crippen LogP contribution in [0.25, 0.3) is 10.9 Å². The molecule has 0 unspecified atom stereocenters. The average Bonchev–Trinajstić information content (AvgIpc) is 2.78. The van der Waals surface area contributed by atoms with E-state index in [4.69, 9.17) is 4.98 Å². The predicted molar refractivity (Wildman–Crippen MR) is 122 cm³/mol. The Morgan fingerprint density at radius 1 is 1.17 bits per heavy atom. The number of fused-ring (bicyclic) bond motifs is 1. The fourth-order valence-electron chi connectivity index (χ4n) is 4.08. The van der Waals surface area contributed by atoms with E-state index in [-0.39, 0.29) is 17.5 Å². The van der Waals surface area contributed by atoms with E-state index in [2.05, 4.69) is 6.92 Å². The minimum Gasteiger partial charge on any atom is -0.342 e. The summed E-state index contributed by atoms with van der Waals surface area (Å²) in [5.74, 6) is 0.953. The number of likely N-dealkylation sites (tertiary alicyclic amines) is 1. The molecule has 2 aromatic carbocycles. The first-order valence-corrected chi connectivity index (χ1v) is 11.5. The Labute approximate surface area is 181 Å². The van der Waals surface area contributed by atoms with Crippen molar-refractivity contribution in [3.05, 3.63) is 70.5 Å². The molecule has 1 aromatic heterocycles. The lowest BCUT2D eigenvalue weighted by atomic mass is 10.0. The Morgan fingerprint density at radius 3 is 2.67 bits per heavy atom. The molecule has 30 heavy (non-hydrogen) atoms. The van der Waals surface area contributed by atoms with Gasteiger partial charge in [-0.1, -0.05) is 61.2 Å². The summed E-state index contributed by atoms with van der Waals surface area (Å²) in [6.07, 6.45) is 2.23. The van der Waals surface area contributed by atoms with Crippen molar-refractivity contribution in [1.29, 1.82) is 0 Å². The molecule has 1 saturated heterocycles. The molecule has 1 aliphatic heterocycles. The standard InChI is InChI=1S/C24H27N3O2S/c1-17-9-8-14-26(15-17)22(28)16-30-24-25-21-13-7-6-12-20(21)23(29)27(24)18(2)19-10-4-3-5-11-19/h3-7,10-13,17-18H,8-9,14-16H2,1-2H3/t17-,18+/m0/s1. The van der Waals surface area contributed by atoms with Crippen molar-refractivity contribution in [2.24, 2.45) is 5.92 Å². The second kappa shape index (κ2) is 9.04. The Morgan fingerprint density at radius 2 is 1.90 bits per heavy atom. The van der Waals surface area contributed by atoms with Gasteiger partial charge < -0.3 is 4.90 Å². The highest BCUT2D eigenvalue weighted by atomic mass is 32.2. The quantitative estimate of drug-likeness (QED) is 0.454. The third kappa shape index (κ3) is 4.29. The Balaban J connectivity index is 1.67. The van der Waals surface area contributed by atoms with Crippen LogP contribution in [-0.2, 0) is 4.79 Å². The van der Waals surface area contributed by atoms with Crippen LogP contribution in [0.2, 0.25) is 0 Å². The van der Waals surface area contributed by atoms with E-state index in [1.165, 1.54) is 18.2 Å². The van der Waals surface area contributed by atoms with Crippen molar-refractivity contribution in [3.8, 4) is 0 Å². The van der Waals surface area contributed by atoms with Crippen LogP contribution in [0.4, 0.5) is 0 Å². The summed E-state index contributed by atoms with van der Waals surface area (Å²) in [7, 11) is 0. The maximum Gasteiger partial charge on any atom is 0.262 e. The van der Waals surface area contributed by atoms with E-state index < -0.39 is 0 Å². The fourth-order valence-corrected chi connectivity index (χ4v) is 5.06. The molecule has 1 fully saturated rings. The molecule has 6 heteroatoms. The summed E-state index contributed by atoms with van der Waals surface area (Å²) >= 11 is 1.36. The molecule has 5 nitrogen and oxygen atoms in total. The Bertz CT molecular complexity index is 1100. The largest absolute Gasteiger partial charge is 0.342 e. The normalized spacial score (nSPS) is 17.8. The maximum atomic E-state index is 13.4. The van der Waals surface area contributed by atoms with Gasteiger partial charge >= 0.3 is 0 Å². The van der Waals surface area contributed by atoms with Crippen LogP contribution in [-0.4, -0.2) is 39.2 Å². The molecule has 0 bridgehead atoms. The highest BCUT2D eigenvalue weighted by Gasteiger charge is 2.23. The average molecular weight is 422 g/mol. The van der Waals surface area contributed by atoms with Crippen LogP contribution in [0.3, 0.4) is 0 Å². The summed E-state index contributed by atoms with van der Waals surface area (Å²) in [5.41, 5.74) is 1.63. The number of hydrogen-bond donors (Lipinski definition) is 0. The molecular weight excluding hydrogens is 394 g/mol. The number of carbonyl (C=O) groups excluding carboxylic acids is 1. The number of hydrogen-bond acceptors (Lipinski definition) is 4. The second-order valence-electron chi connectivity index (χ2n) is 8.05. The molecule has 0 N–H and O–H groups in total. The minimum atomic E-state index is -0.177. The minimum absolute atomic E-state index is 0.0708. The van der Waals surface area contributed by atoms with Crippen molar-refractivity contribution in [1.82, 2.24) is 14.5 Å². The SMILES string of the molecule is C[C@H]1CCCN(C(=O)CSc2nc3ccccc3c(=O)n2[C@H](C)c2ccccc2)C1. The van der Waals surface area contributed by atoms with E-state index in [1.54, 1.807) is 4.57 Å². The highest BCUT2D eigenvalue weighted by Crippen LogP contribution is 2.26. The van der Waals surface area contributed by atoms with Gasteiger partial charge in [0.1, 0.15) is 0 Å². The zero-order chi connectivity index (χ0) is 21.1. The molecule has 0 radical (unpaired) electrons. The van der Waals surface area contributed by atoms with Gasteiger partial charge in [-0.05, 0) is 43.4 Å². The van der Waals surface area contributed by atoms with Gasteiger partial charge in [0, 0.05) is 13.1 Å². The lowest BCUT2D eigenvalue weighted by Gasteiger charge is -2.31. The van der Waals surface area contributed by atoms with E-state index in [0.29, 0.717) is 27.7 Å². The summed E-state index contributed by atoms with van der Waals surface area (Å²) in [6, 6.07) is 17.2. The number of thioether (sulfide) groups is 1. The van der Waals surface area contributed by atoms with Crippen LogP contribution >= 0.6 is 11.8 Å². The molecule has 2 atom stereocenters. The number of amides is 1. The third-order valence-electron chi connectivity index (χ3n) is 5.78. The van der Waals surface area contributed by atoms with E-state index >= 15 is 0 Å². The van der Waals surface area contributed by atoms with Gasteiger partial charge in [0.25, 0.3) is 5.56 Å². The summed E-state index contributed by atoms with van der Waals surface area (Å²) in [4.78, 5) is 32.9. The summed E-state index contributed by atoms with van der Waals surface area (Å²) in [6.45, 7) is 5.84. The van der Waals surface area contributed by atoms with E-state index in [1.807, 2.05) is 66.4 Å². The molecule has 1 amide bonds. The van der Waals surface area contributed by atoms with Gasteiger partial charge in [-0.25, -0.2) is 4.98 Å². The zero-order valence-corrected chi connectivity index (χ0v) is 18.3. The number of para-hydroxylation sites is 1. The van der Waals surface area contributed by atoms with Gasteiger partial charge in [-0.2, -0.15) is 0 Å². The number of aromatic nitrogens is 2. The van der Waals surface area contributed by atoms with E-state index in [0.717, 1.165) is 25.1 Å². The Hall–Kier alpha value is -2.60. The van der Waals surface area contributed by atoms with Crippen molar-refractivity contribution >= 4 is 28.6 Å². The molecule has 0 saturated carbocycles. The van der Waals surface area contributed by atoms with Crippen molar-refractivity contribution < 1.29 is 4.79 Å². The lowest BCUT2D eigenvalue weighted by Crippen LogP contribution is -2.40. The van der Waals surface area contributed by atoms with Gasteiger partial charge in [0.15, 0.2) is 5.16 Å². The molecule has 1 aliphatic rings. The maximum absolute atomic E-state index is 13.4. The molecule has 2 heterocycles. The fraction of sp³-hybridized carbons (Fsp3) is 0.375. The molecule has 156 valence electrons. The molecule has 0 aliphatic carbocycles. The summed E-state index contributed by atoms with van der Waals surface area (Å²) < 4.78 is 1.73. The smallest absolute Gasteiger partial charge is 0.262 e. The van der Waals surface area contributed by atoms with Crippen LogP contribution < -0.4 is 5.56 Å². The van der Waals surface area contributed by atoms with Crippen molar-refractivity contribution in [3.63, 3.8) is 0 Å². The van der Waals surface area contributed by atoms with Crippen LogP contribution in [0.15, 0.2) is 64.5 Å². The zero-order valence-electron chi connectivity index (χ0n) is 17.5. The van der Waals surface area contributed by atoms with Gasteiger partial charge in [0.2, 0.25) is 5.91 Å². The first-order chi connectivity index (χ1) is 14.5. The number of rotatable bonds is 5. The van der Waals surface area contributed by atoms with Gasteiger partial charge in [0.05, 0.1) is 22.7 Å². The number of piperidine rings is 1. The Kier molecular flexibility index (Phi) is 6.23. The van der Waals surface area contributed by atoms with Gasteiger partial charge in [-0.3, -0.25) is 14.2 Å². The number of carbonyl (C=O) groups is 1. The molecule has 3 aromatic rings. The van der Waals surface area contributed by atoms with E-state index in [9.17, 15) is 9.59 Å². The van der Waals surface area contributed by atoms with Crippen molar-refractivity contribution in [2.45, 2.75) is 37.9 Å². The third-order valence-corrected chi connectivity index (χ3v) is 6.72. The predicted octanol–water partition coefficient (Wildman–Crippen LogP) is 4.36. The van der Waals surface area contributed by atoms with Gasteiger partial charge in [-0.15, -0.1) is 0 Å². The first kappa shape index (κ1) is 20.7. The second-order valence-corrected chi connectivity index (χ2v) is 8.99. The molecule has 0 spiro atoms. The highest BCUT2D eigenvalue weighted by molar-refractivity contribution is 7.99. The van der Waals surface area contributed by atoms with Crippen molar-refractivity contribution in [2.75, 3.05) is 18.8 Å². The van der Waals surface area contributed by atoms with Crippen LogP contribution in [0, 0.1) is 5.92 Å².